The molecular formula is C21H26N4OS. The van der Waals surface area contributed by atoms with E-state index in [1.54, 1.807) is 18.2 Å². The van der Waals surface area contributed by atoms with E-state index in [1.165, 1.54) is 49.6 Å². The number of aromatic nitrogens is 2. The average molecular weight is 383 g/mol. The third-order valence-corrected chi connectivity index (χ3v) is 6.32. The number of anilines is 1. The summed E-state index contributed by atoms with van der Waals surface area (Å²) in [7, 11) is 0. The molecule has 27 heavy (non-hydrogen) atoms. The quantitative estimate of drug-likeness (QED) is 0.739. The Morgan fingerprint density at radius 3 is 2.70 bits per heavy atom. The first-order chi connectivity index (χ1) is 13.0. The van der Waals surface area contributed by atoms with Crippen molar-refractivity contribution in [3.05, 3.63) is 41.2 Å². The van der Waals surface area contributed by atoms with Gasteiger partial charge in [0.2, 0.25) is 5.91 Å². The standard InChI is InChI=1S/C21H26N4OS/c1-14-15(2)25(18-10-5-4-6-11-18)21(23-14)27-16(3)20(26)24-19-12-8-7-9-17(19)13-22/h7-9,12,16,18H,4-6,10-11H2,1-3H3,(H,24,26). The van der Waals surface area contributed by atoms with E-state index in [-0.39, 0.29) is 11.2 Å². The van der Waals surface area contributed by atoms with Crippen molar-refractivity contribution < 1.29 is 4.79 Å². The fourth-order valence-corrected chi connectivity index (χ4v) is 4.66. The van der Waals surface area contributed by atoms with Crippen molar-refractivity contribution in [1.82, 2.24) is 9.55 Å². The number of hydrogen-bond donors (Lipinski definition) is 1. The lowest BCUT2D eigenvalue weighted by molar-refractivity contribution is -0.115. The fourth-order valence-electron chi connectivity index (χ4n) is 3.58. The minimum absolute atomic E-state index is 0.115. The number of rotatable bonds is 5. The van der Waals surface area contributed by atoms with Crippen molar-refractivity contribution in [2.75, 3.05) is 5.32 Å². The van der Waals surface area contributed by atoms with Gasteiger partial charge in [0.1, 0.15) is 6.07 Å². The summed E-state index contributed by atoms with van der Waals surface area (Å²) in [6.07, 6.45) is 6.18. The Morgan fingerprint density at radius 1 is 1.30 bits per heavy atom. The molecule has 0 radical (unpaired) electrons. The lowest BCUT2D eigenvalue weighted by atomic mass is 9.95. The van der Waals surface area contributed by atoms with E-state index in [4.69, 9.17) is 4.98 Å². The van der Waals surface area contributed by atoms with Gasteiger partial charge in [-0.25, -0.2) is 4.98 Å². The molecule has 0 spiro atoms. The van der Waals surface area contributed by atoms with Crippen LogP contribution in [0.3, 0.4) is 0 Å². The zero-order valence-corrected chi connectivity index (χ0v) is 17.0. The molecule has 0 bridgehead atoms. The van der Waals surface area contributed by atoms with Crippen LogP contribution in [0.4, 0.5) is 5.69 Å². The lowest BCUT2D eigenvalue weighted by Crippen LogP contribution is -2.24. The van der Waals surface area contributed by atoms with E-state index in [9.17, 15) is 10.1 Å². The number of nitriles is 1. The highest BCUT2D eigenvalue weighted by Gasteiger charge is 2.25. The number of aryl methyl sites for hydroxylation is 1. The van der Waals surface area contributed by atoms with Gasteiger partial charge in [-0.05, 0) is 45.7 Å². The Hall–Kier alpha value is -2.26. The molecule has 0 aliphatic heterocycles. The maximum Gasteiger partial charge on any atom is 0.237 e. The summed E-state index contributed by atoms with van der Waals surface area (Å²) in [5.41, 5.74) is 3.26. The summed E-state index contributed by atoms with van der Waals surface area (Å²) in [5.74, 6) is -0.115. The van der Waals surface area contributed by atoms with Gasteiger partial charge in [0.25, 0.3) is 0 Å². The first-order valence-electron chi connectivity index (χ1n) is 9.53. The van der Waals surface area contributed by atoms with Gasteiger partial charge in [0, 0.05) is 11.7 Å². The molecule has 1 aliphatic carbocycles. The molecule has 1 aliphatic rings. The van der Waals surface area contributed by atoms with Crippen molar-refractivity contribution in [2.24, 2.45) is 0 Å². The number of imidazole rings is 1. The molecule has 5 nitrogen and oxygen atoms in total. The zero-order valence-electron chi connectivity index (χ0n) is 16.2. The summed E-state index contributed by atoms with van der Waals surface area (Å²) in [5, 5.41) is 12.7. The van der Waals surface area contributed by atoms with Crippen LogP contribution in [0.1, 0.15) is 62.0 Å². The van der Waals surface area contributed by atoms with Gasteiger partial charge in [0.05, 0.1) is 22.2 Å². The number of benzene rings is 1. The molecule has 1 aromatic heterocycles. The summed E-state index contributed by atoms with van der Waals surface area (Å²) < 4.78 is 2.34. The van der Waals surface area contributed by atoms with E-state index in [0.717, 1.165) is 10.9 Å². The Morgan fingerprint density at radius 2 is 2.00 bits per heavy atom. The molecule has 1 aromatic carbocycles. The molecule has 6 heteroatoms. The van der Waals surface area contributed by atoms with Gasteiger partial charge < -0.3 is 9.88 Å². The molecule has 1 saturated carbocycles. The van der Waals surface area contributed by atoms with E-state index >= 15 is 0 Å². The second-order valence-corrected chi connectivity index (χ2v) is 8.44. The Labute approximate surface area is 165 Å². The Bertz CT molecular complexity index is 862. The van der Waals surface area contributed by atoms with E-state index < -0.39 is 0 Å². The summed E-state index contributed by atoms with van der Waals surface area (Å²) >= 11 is 1.50. The van der Waals surface area contributed by atoms with Crippen LogP contribution in [-0.4, -0.2) is 20.7 Å². The van der Waals surface area contributed by atoms with Crippen LogP contribution < -0.4 is 5.32 Å². The van der Waals surface area contributed by atoms with Crippen LogP contribution in [0, 0.1) is 25.2 Å². The molecule has 1 N–H and O–H groups in total. The van der Waals surface area contributed by atoms with Gasteiger partial charge in [-0.3, -0.25) is 4.79 Å². The van der Waals surface area contributed by atoms with Crippen LogP contribution in [0.15, 0.2) is 29.4 Å². The number of nitrogens with one attached hydrogen (secondary N) is 1. The monoisotopic (exact) mass is 382 g/mol. The minimum atomic E-state index is -0.305. The zero-order chi connectivity index (χ0) is 19.4. The van der Waals surface area contributed by atoms with Gasteiger partial charge in [0.15, 0.2) is 5.16 Å². The fraction of sp³-hybridized carbons (Fsp3) is 0.476. The van der Waals surface area contributed by atoms with Crippen LogP contribution in [0.5, 0.6) is 0 Å². The molecule has 1 unspecified atom stereocenters. The number of nitrogens with zero attached hydrogens (tertiary/aromatic N) is 3. The second kappa shape index (κ2) is 8.62. The maximum atomic E-state index is 12.7. The van der Waals surface area contributed by atoms with Crippen LogP contribution >= 0.6 is 11.8 Å². The number of carbonyl (C=O) groups excluding carboxylic acids is 1. The van der Waals surface area contributed by atoms with E-state index in [1.807, 2.05) is 19.9 Å². The Kier molecular flexibility index (Phi) is 6.22. The number of thioether (sulfide) groups is 1. The highest BCUT2D eigenvalue weighted by Crippen LogP contribution is 2.35. The van der Waals surface area contributed by atoms with Crippen molar-refractivity contribution in [3.63, 3.8) is 0 Å². The lowest BCUT2D eigenvalue weighted by Gasteiger charge is -2.26. The molecule has 1 atom stereocenters. The largest absolute Gasteiger partial charge is 0.324 e. The van der Waals surface area contributed by atoms with Crippen molar-refractivity contribution in [3.8, 4) is 6.07 Å². The minimum Gasteiger partial charge on any atom is -0.324 e. The van der Waals surface area contributed by atoms with Crippen molar-refractivity contribution in [1.29, 1.82) is 5.26 Å². The Balaban J connectivity index is 1.75. The second-order valence-electron chi connectivity index (χ2n) is 7.13. The third kappa shape index (κ3) is 4.36. The predicted octanol–water partition coefficient (Wildman–Crippen LogP) is 5.00. The third-order valence-electron chi connectivity index (χ3n) is 5.25. The molecule has 0 saturated heterocycles. The van der Waals surface area contributed by atoms with Gasteiger partial charge in [-0.15, -0.1) is 0 Å². The van der Waals surface area contributed by atoms with Gasteiger partial charge >= 0.3 is 0 Å². The highest BCUT2D eigenvalue weighted by molar-refractivity contribution is 8.00. The first kappa shape index (κ1) is 19.5. The molecule has 2 aromatic rings. The first-order valence-corrected chi connectivity index (χ1v) is 10.4. The molecule has 1 amide bonds. The molecule has 1 fully saturated rings. The van der Waals surface area contributed by atoms with Crippen LogP contribution in [-0.2, 0) is 4.79 Å². The van der Waals surface area contributed by atoms with Gasteiger partial charge in [-0.2, -0.15) is 5.26 Å². The van der Waals surface area contributed by atoms with Crippen LogP contribution in [0.25, 0.3) is 0 Å². The van der Waals surface area contributed by atoms with E-state index in [0.29, 0.717) is 17.3 Å². The summed E-state index contributed by atoms with van der Waals surface area (Å²) in [4.78, 5) is 17.4. The maximum absolute atomic E-state index is 12.7. The SMILES string of the molecule is Cc1nc(SC(C)C(=O)Nc2ccccc2C#N)n(C2CCCCC2)c1C. The average Bonchev–Trinajstić information content (AvgIpc) is 2.96. The molecule has 142 valence electrons. The normalized spacial score (nSPS) is 15.9. The summed E-state index contributed by atoms with van der Waals surface area (Å²) in [6, 6.07) is 9.66. The van der Waals surface area contributed by atoms with Crippen LogP contribution in [0.2, 0.25) is 0 Å². The number of amides is 1. The molecule has 3 rings (SSSR count). The number of hydrogen-bond acceptors (Lipinski definition) is 4. The predicted molar refractivity (Wildman–Crippen MR) is 109 cm³/mol. The molecular weight excluding hydrogens is 356 g/mol. The summed E-state index contributed by atoms with van der Waals surface area (Å²) in [6.45, 7) is 6.04. The number of para-hydroxylation sites is 1. The van der Waals surface area contributed by atoms with Gasteiger partial charge in [-0.1, -0.05) is 43.2 Å². The highest BCUT2D eigenvalue weighted by atomic mass is 32.2. The van der Waals surface area contributed by atoms with Crippen molar-refractivity contribution >= 4 is 23.4 Å². The molecule has 1 heterocycles. The smallest absolute Gasteiger partial charge is 0.237 e. The van der Waals surface area contributed by atoms with Crippen molar-refractivity contribution in [2.45, 2.75) is 69.3 Å². The topological polar surface area (TPSA) is 70.7 Å². The number of carbonyl (C=O) groups is 1. The van der Waals surface area contributed by atoms with E-state index in [2.05, 4.69) is 22.9 Å².